The van der Waals surface area contributed by atoms with Crippen molar-refractivity contribution in [2.24, 2.45) is 5.73 Å². The van der Waals surface area contributed by atoms with Crippen LogP contribution in [0.4, 0.5) is 0 Å². The van der Waals surface area contributed by atoms with Crippen LogP contribution >= 0.6 is 0 Å². The Kier molecular flexibility index (Phi) is 2.73. The van der Waals surface area contributed by atoms with E-state index in [4.69, 9.17) is 5.73 Å². The second kappa shape index (κ2) is 4.03. The molecule has 2 N–H and O–H groups in total. The summed E-state index contributed by atoms with van der Waals surface area (Å²) in [6, 6.07) is 8.62. The van der Waals surface area contributed by atoms with Crippen LogP contribution < -0.4 is 5.73 Å². The van der Waals surface area contributed by atoms with Gasteiger partial charge >= 0.3 is 0 Å². The highest BCUT2D eigenvalue weighted by Gasteiger charge is 2.15. The van der Waals surface area contributed by atoms with Gasteiger partial charge in [0, 0.05) is 11.4 Å². The monoisotopic (exact) mass is 203 g/mol. The molecule has 0 aliphatic heterocycles. The summed E-state index contributed by atoms with van der Waals surface area (Å²) in [7, 11) is 0. The van der Waals surface area contributed by atoms with E-state index >= 15 is 0 Å². The Morgan fingerprint density at radius 1 is 1.40 bits per heavy atom. The van der Waals surface area contributed by atoms with E-state index in [1.165, 1.54) is 5.39 Å². The highest BCUT2D eigenvalue weighted by atomic mass is 15.3. The minimum Gasteiger partial charge on any atom is -0.326 e. The second-order valence-electron chi connectivity index (χ2n) is 3.96. The number of rotatable bonds is 3. The third kappa shape index (κ3) is 1.75. The average Bonchev–Trinajstić information content (AvgIpc) is 2.70. The number of hydrogen-bond donors (Lipinski definition) is 1. The zero-order valence-corrected chi connectivity index (χ0v) is 9.22. The van der Waals surface area contributed by atoms with E-state index < -0.39 is 0 Å². The quantitative estimate of drug-likeness (QED) is 0.832. The summed E-state index contributed by atoms with van der Waals surface area (Å²) in [6.07, 6.45) is 2.86. The summed E-state index contributed by atoms with van der Waals surface area (Å²) >= 11 is 0. The van der Waals surface area contributed by atoms with Crippen LogP contribution in [0.1, 0.15) is 26.3 Å². The van der Waals surface area contributed by atoms with Crippen LogP contribution in [0.25, 0.3) is 10.9 Å². The molecule has 0 spiro atoms. The molecule has 0 fully saturated rings. The molecule has 1 heterocycles. The van der Waals surface area contributed by atoms with Crippen molar-refractivity contribution < 1.29 is 0 Å². The summed E-state index contributed by atoms with van der Waals surface area (Å²) in [5.41, 5.74) is 7.20. The third-order valence-corrected chi connectivity index (χ3v) is 2.98. The van der Waals surface area contributed by atoms with Crippen LogP contribution in [-0.2, 0) is 0 Å². The van der Waals surface area contributed by atoms with Gasteiger partial charge in [0.2, 0.25) is 0 Å². The molecule has 3 heteroatoms. The molecule has 0 aliphatic carbocycles. The Bertz CT molecular complexity index is 447. The smallest absolute Gasteiger partial charge is 0.0686 e. The molecule has 15 heavy (non-hydrogen) atoms. The van der Waals surface area contributed by atoms with Crippen LogP contribution in [0.3, 0.4) is 0 Å². The Hall–Kier alpha value is -1.35. The number of benzene rings is 1. The van der Waals surface area contributed by atoms with Gasteiger partial charge in [0.25, 0.3) is 0 Å². The summed E-state index contributed by atoms with van der Waals surface area (Å²) in [4.78, 5) is 0. The SMILES string of the molecule is CCC(N)C(C)n1ncc2ccccc21. The zero-order valence-electron chi connectivity index (χ0n) is 9.22. The van der Waals surface area contributed by atoms with Crippen LogP contribution in [0.2, 0.25) is 0 Å². The predicted octanol–water partition coefficient (Wildman–Crippen LogP) is 2.33. The van der Waals surface area contributed by atoms with Crippen LogP contribution in [0.5, 0.6) is 0 Å². The number of para-hydroxylation sites is 1. The maximum Gasteiger partial charge on any atom is 0.0686 e. The summed E-state index contributed by atoms with van der Waals surface area (Å²) in [5.74, 6) is 0. The number of aromatic nitrogens is 2. The first-order chi connectivity index (χ1) is 7.24. The fraction of sp³-hybridized carbons (Fsp3) is 0.417. The van der Waals surface area contributed by atoms with Crippen molar-refractivity contribution in [2.45, 2.75) is 32.4 Å². The molecule has 3 nitrogen and oxygen atoms in total. The van der Waals surface area contributed by atoms with Crippen molar-refractivity contribution in [2.75, 3.05) is 0 Å². The standard InChI is InChI=1S/C12H17N3/c1-3-11(13)9(2)15-12-7-5-4-6-10(12)8-14-15/h4-9,11H,3,13H2,1-2H3. The lowest BCUT2D eigenvalue weighted by atomic mass is 10.1. The molecule has 0 bridgehead atoms. The van der Waals surface area contributed by atoms with Crippen LogP contribution in [0, 0.1) is 0 Å². The predicted molar refractivity (Wildman–Crippen MR) is 62.7 cm³/mol. The second-order valence-corrected chi connectivity index (χ2v) is 3.96. The van der Waals surface area contributed by atoms with Gasteiger partial charge in [-0.05, 0) is 19.4 Å². The number of hydrogen-bond acceptors (Lipinski definition) is 2. The molecular formula is C12H17N3. The lowest BCUT2D eigenvalue weighted by Crippen LogP contribution is -2.30. The Balaban J connectivity index is 2.43. The fourth-order valence-electron chi connectivity index (χ4n) is 1.84. The van der Waals surface area contributed by atoms with E-state index in [1.54, 1.807) is 0 Å². The van der Waals surface area contributed by atoms with E-state index in [9.17, 15) is 0 Å². The molecule has 0 amide bonds. The summed E-state index contributed by atoms with van der Waals surface area (Å²) in [6.45, 7) is 4.22. The lowest BCUT2D eigenvalue weighted by molar-refractivity contribution is 0.408. The number of fused-ring (bicyclic) bond motifs is 1. The lowest BCUT2D eigenvalue weighted by Gasteiger charge is -2.19. The zero-order chi connectivity index (χ0) is 10.8. The highest BCUT2D eigenvalue weighted by molar-refractivity contribution is 5.78. The number of nitrogens with zero attached hydrogens (tertiary/aromatic N) is 2. The Labute approximate surface area is 89.9 Å². The maximum absolute atomic E-state index is 6.04. The van der Waals surface area contributed by atoms with Crippen LogP contribution in [0.15, 0.2) is 30.5 Å². The molecule has 80 valence electrons. The van der Waals surface area contributed by atoms with Gasteiger partial charge in [0.15, 0.2) is 0 Å². The van der Waals surface area contributed by atoms with Gasteiger partial charge in [-0.1, -0.05) is 25.1 Å². The first kappa shape index (κ1) is 10.2. The molecule has 1 aromatic heterocycles. The van der Waals surface area contributed by atoms with Crippen molar-refractivity contribution in [3.8, 4) is 0 Å². The molecule has 2 unspecified atom stereocenters. The van der Waals surface area contributed by atoms with E-state index in [1.807, 2.05) is 23.0 Å². The minimum atomic E-state index is 0.160. The van der Waals surface area contributed by atoms with E-state index in [2.05, 4.69) is 31.1 Å². The molecular weight excluding hydrogens is 186 g/mol. The first-order valence-corrected chi connectivity index (χ1v) is 5.42. The van der Waals surface area contributed by atoms with Gasteiger partial charge in [-0.3, -0.25) is 4.68 Å². The third-order valence-electron chi connectivity index (χ3n) is 2.98. The molecule has 2 atom stereocenters. The van der Waals surface area contributed by atoms with Crippen molar-refractivity contribution in [1.82, 2.24) is 9.78 Å². The average molecular weight is 203 g/mol. The Morgan fingerprint density at radius 3 is 2.87 bits per heavy atom. The van der Waals surface area contributed by atoms with Gasteiger partial charge in [0.05, 0.1) is 17.8 Å². The maximum atomic E-state index is 6.04. The molecule has 0 aliphatic rings. The van der Waals surface area contributed by atoms with Crippen molar-refractivity contribution in [3.05, 3.63) is 30.5 Å². The van der Waals surface area contributed by atoms with E-state index in [-0.39, 0.29) is 12.1 Å². The van der Waals surface area contributed by atoms with E-state index in [0.717, 1.165) is 11.9 Å². The van der Waals surface area contributed by atoms with Gasteiger partial charge < -0.3 is 5.73 Å². The van der Waals surface area contributed by atoms with Gasteiger partial charge in [-0.25, -0.2) is 0 Å². The minimum absolute atomic E-state index is 0.160. The van der Waals surface area contributed by atoms with Crippen LogP contribution in [-0.4, -0.2) is 15.8 Å². The largest absolute Gasteiger partial charge is 0.326 e. The molecule has 0 saturated carbocycles. The van der Waals surface area contributed by atoms with Gasteiger partial charge in [-0.15, -0.1) is 0 Å². The molecule has 0 radical (unpaired) electrons. The molecule has 1 aromatic carbocycles. The fourth-order valence-corrected chi connectivity index (χ4v) is 1.84. The van der Waals surface area contributed by atoms with Gasteiger partial charge in [0.1, 0.15) is 0 Å². The Morgan fingerprint density at radius 2 is 2.13 bits per heavy atom. The van der Waals surface area contributed by atoms with Crippen molar-refractivity contribution in [1.29, 1.82) is 0 Å². The summed E-state index contributed by atoms with van der Waals surface area (Å²) < 4.78 is 2.02. The topological polar surface area (TPSA) is 43.8 Å². The van der Waals surface area contributed by atoms with Crippen molar-refractivity contribution >= 4 is 10.9 Å². The van der Waals surface area contributed by atoms with Gasteiger partial charge in [-0.2, -0.15) is 5.10 Å². The molecule has 2 rings (SSSR count). The first-order valence-electron chi connectivity index (χ1n) is 5.42. The molecule has 2 aromatic rings. The highest BCUT2D eigenvalue weighted by Crippen LogP contribution is 2.19. The van der Waals surface area contributed by atoms with E-state index in [0.29, 0.717) is 0 Å². The van der Waals surface area contributed by atoms with Crippen molar-refractivity contribution in [3.63, 3.8) is 0 Å². The summed E-state index contributed by atoms with van der Waals surface area (Å²) in [5, 5.41) is 5.57. The normalized spacial score (nSPS) is 15.4. The number of nitrogens with two attached hydrogens (primary N) is 1. The molecule has 0 saturated heterocycles.